The van der Waals surface area contributed by atoms with Crippen LogP contribution in [0.1, 0.15) is 28.2 Å². The molecule has 0 spiro atoms. The summed E-state index contributed by atoms with van der Waals surface area (Å²) in [7, 11) is 0. The van der Waals surface area contributed by atoms with Gasteiger partial charge in [-0.15, -0.1) is 0 Å². The molecule has 0 aliphatic heterocycles. The lowest BCUT2D eigenvalue weighted by Gasteiger charge is -2.08. The molecular weight excluding hydrogens is 344 g/mol. The van der Waals surface area contributed by atoms with E-state index < -0.39 is 11.9 Å². The third-order valence-electron chi connectivity index (χ3n) is 3.83. The fraction of sp³-hybridized carbons (Fsp3) is 0.150. The number of hydrogen-bond donors (Lipinski definition) is 1. The van der Waals surface area contributed by atoms with Crippen molar-refractivity contribution in [3.8, 4) is 6.07 Å². The van der Waals surface area contributed by atoms with Crippen LogP contribution in [0.25, 0.3) is 11.0 Å². The van der Waals surface area contributed by atoms with Crippen LogP contribution in [0, 0.1) is 18.3 Å². The molecule has 0 aliphatic rings. The van der Waals surface area contributed by atoms with Crippen molar-refractivity contribution < 1.29 is 14.3 Å². The Hall–Kier alpha value is -3.79. The number of nitrogens with zero attached hydrogens (tertiary/aromatic N) is 3. The topological polar surface area (TPSA) is 105 Å². The smallest absolute Gasteiger partial charge is 0.338 e. The number of fused-ring (bicyclic) bond motifs is 1. The number of carbonyl (C=O) groups excluding carboxylic acids is 2. The first-order valence-corrected chi connectivity index (χ1v) is 8.23. The summed E-state index contributed by atoms with van der Waals surface area (Å²) in [5, 5.41) is 11.0. The Kier molecular flexibility index (Phi) is 5.38. The molecule has 0 unspecified atom stereocenters. The summed E-state index contributed by atoms with van der Waals surface area (Å²) in [6.45, 7) is 1.84. The molecule has 1 heterocycles. The molecule has 1 aromatic heterocycles. The molecule has 0 aliphatic carbocycles. The van der Waals surface area contributed by atoms with Crippen molar-refractivity contribution in [1.82, 2.24) is 9.97 Å². The van der Waals surface area contributed by atoms with Crippen LogP contribution in [0.3, 0.4) is 0 Å². The number of para-hydroxylation sites is 2. The SMILES string of the molecule is Cc1nc2ccccc2nc1COC(=O)c1ccc(NC(=O)CC#N)cc1. The summed E-state index contributed by atoms with van der Waals surface area (Å²) in [5.74, 6) is -0.905. The monoisotopic (exact) mass is 360 g/mol. The Morgan fingerprint density at radius 3 is 2.41 bits per heavy atom. The zero-order valence-electron chi connectivity index (χ0n) is 14.6. The molecule has 2 aromatic carbocycles. The third kappa shape index (κ3) is 4.44. The average molecular weight is 360 g/mol. The van der Waals surface area contributed by atoms with Crippen LogP contribution < -0.4 is 5.32 Å². The minimum absolute atomic E-state index is 0.0170. The van der Waals surface area contributed by atoms with E-state index in [2.05, 4.69) is 15.3 Å². The zero-order chi connectivity index (χ0) is 19.2. The highest BCUT2D eigenvalue weighted by molar-refractivity contribution is 5.93. The van der Waals surface area contributed by atoms with Gasteiger partial charge in [-0.3, -0.25) is 4.79 Å². The second-order valence-corrected chi connectivity index (χ2v) is 5.78. The van der Waals surface area contributed by atoms with E-state index in [0.717, 1.165) is 11.0 Å². The van der Waals surface area contributed by atoms with Gasteiger partial charge in [-0.25, -0.2) is 14.8 Å². The lowest BCUT2D eigenvalue weighted by Crippen LogP contribution is -2.11. The van der Waals surface area contributed by atoms with E-state index in [9.17, 15) is 9.59 Å². The van der Waals surface area contributed by atoms with Crippen LogP contribution >= 0.6 is 0 Å². The quantitative estimate of drug-likeness (QED) is 0.701. The molecule has 0 bridgehead atoms. The van der Waals surface area contributed by atoms with Crippen LogP contribution in [-0.2, 0) is 16.1 Å². The van der Waals surface area contributed by atoms with Crippen molar-refractivity contribution in [2.45, 2.75) is 20.0 Å². The maximum atomic E-state index is 12.2. The first-order chi connectivity index (χ1) is 13.1. The Balaban J connectivity index is 1.65. The van der Waals surface area contributed by atoms with Gasteiger partial charge < -0.3 is 10.1 Å². The van der Waals surface area contributed by atoms with E-state index in [-0.39, 0.29) is 13.0 Å². The maximum absolute atomic E-state index is 12.2. The minimum atomic E-state index is -0.501. The second-order valence-electron chi connectivity index (χ2n) is 5.78. The lowest BCUT2D eigenvalue weighted by atomic mass is 10.2. The predicted molar refractivity (Wildman–Crippen MR) is 98.7 cm³/mol. The van der Waals surface area contributed by atoms with Crippen LogP contribution in [-0.4, -0.2) is 21.8 Å². The van der Waals surface area contributed by atoms with E-state index in [4.69, 9.17) is 10.00 Å². The summed E-state index contributed by atoms with van der Waals surface area (Å²) in [6, 6.07) is 15.5. The van der Waals surface area contributed by atoms with Crippen molar-refractivity contribution in [3.05, 3.63) is 65.5 Å². The van der Waals surface area contributed by atoms with Gasteiger partial charge >= 0.3 is 5.97 Å². The highest BCUT2D eigenvalue weighted by Crippen LogP contribution is 2.15. The van der Waals surface area contributed by atoms with E-state index in [1.165, 1.54) is 0 Å². The molecule has 0 saturated carbocycles. The normalized spacial score (nSPS) is 10.2. The van der Waals surface area contributed by atoms with Crippen molar-refractivity contribution in [2.75, 3.05) is 5.32 Å². The van der Waals surface area contributed by atoms with Gasteiger partial charge in [-0.05, 0) is 43.3 Å². The largest absolute Gasteiger partial charge is 0.456 e. The Bertz CT molecular complexity index is 1040. The van der Waals surface area contributed by atoms with Gasteiger partial charge in [-0.2, -0.15) is 5.26 Å². The molecule has 3 aromatic rings. The van der Waals surface area contributed by atoms with Crippen LogP contribution in [0.5, 0.6) is 0 Å². The molecular formula is C20H16N4O3. The van der Waals surface area contributed by atoms with Gasteiger partial charge in [0.05, 0.1) is 34.1 Å². The Labute approximate surface area is 155 Å². The minimum Gasteiger partial charge on any atom is -0.456 e. The molecule has 1 amide bonds. The van der Waals surface area contributed by atoms with Crippen molar-refractivity contribution >= 4 is 28.6 Å². The summed E-state index contributed by atoms with van der Waals surface area (Å²) in [5.41, 5.74) is 3.69. The van der Waals surface area contributed by atoms with E-state index in [1.807, 2.05) is 31.2 Å². The summed E-state index contributed by atoms with van der Waals surface area (Å²) in [6.07, 6.45) is -0.226. The molecule has 7 nitrogen and oxygen atoms in total. The van der Waals surface area contributed by atoms with Crippen LogP contribution in [0.15, 0.2) is 48.5 Å². The van der Waals surface area contributed by atoms with E-state index in [0.29, 0.717) is 22.6 Å². The number of esters is 1. The maximum Gasteiger partial charge on any atom is 0.338 e. The number of carbonyl (C=O) groups is 2. The van der Waals surface area contributed by atoms with Gasteiger partial charge in [0.1, 0.15) is 13.0 Å². The van der Waals surface area contributed by atoms with Crippen molar-refractivity contribution in [2.24, 2.45) is 0 Å². The number of aromatic nitrogens is 2. The summed E-state index contributed by atoms with van der Waals surface area (Å²) < 4.78 is 5.33. The second kappa shape index (κ2) is 8.06. The van der Waals surface area contributed by atoms with Gasteiger partial charge in [0.2, 0.25) is 5.91 Å². The first-order valence-electron chi connectivity index (χ1n) is 8.23. The highest BCUT2D eigenvalue weighted by atomic mass is 16.5. The van der Waals surface area contributed by atoms with E-state index >= 15 is 0 Å². The number of ether oxygens (including phenoxy) is 1. The Morgan fingerprint density at radius 2 is 1.74 bits per heavy atom. The number of hydrogen-bond acceptors (Lipinski definition) is 6. The van der Waals surface area contributed by atoms with Crippen molar-refractivity contribution in [3.63, 3.8) is 0 Å². The zero-order valence-corrected chi connectivity index (χ0v) is 14.6. The number of rotatable bonds is 5. The fourth-order valence-electron chi connectivity index (χ4n) is 2.45. The average Bonchev–Trinajstić information content (AvgIpc) is 2.67. The van der Waals surface area contributed by atoms with Gasteiger partial charge in [0.25, 0.3) is 0 Å². The highest BCUT2D eigenvalue weighted by Gasteiger charge is 2.11. The van der Waals surface area contributed by atoms with Gasteiger partial charge in [0, 0.05) is 5.69 Å². The number of amides is 1. The molecule has 0 saturated heterocycles. The third-order valence-corrected chi connectivity index (χ3v) is 3.83. The molecule has 1 N–H and O–H groups in total. The van der Waals surface area contributed by atoms with Gasteiger partial charge in [0.15, 0.2) is 0 Å². The molecule has 27 heavy (non-hydrogen) atoms. The number of benzene rings is 2. The molecule has 0 radical (unpaired) electrons. The number of aryl methyl sites for hydroxylation is 1. The number of anilines is 1. The van der Waals surface area contributed by atoms with Crippen molar-refractivity contribution in [1.29, 1.82) is 5.26 Å². The Morgan fingerprint density at radius 1 is 1.07 bits per heavy atom. The fourth-order valence-corrected chi connectivity index (χ4v) is 2.45. The molecule has 0 atom stereocenters. The standard InChI is InChI=1S/C20H16N4O3/c1-13-18(24-17-5-3-2-4-16(17)22-13)12-27-20(26)14-6-8-15(9-7-14)23-19(25)10-11-21/h2-9H,10,12H2,1H3,(H,23,25). The van der Waals surface area contributed by atoms with Gasteiger partial charge in [-0.1, -0.05) is 12.1 Å². The van der Waals surface area contributed by atoms with E-state index in [1.54, 1.807) is 30.3 Å². The first kappa shape index (κ1) is 18.0. The summed E-state index contributed by atoms with van der Waals surface area (Å²) >= 11 is 0. The number of nitriles is 1. The molecule has 3 rings (SSSR count). The van der Waals surface area contributed by atoms with Crippen LogP contribution in [0.4, 0.5) is 5.69 Å². The number of nitrogens with one attached hydrogen (secondary N) is 1. The van der Waals surface area contributed by atoms with Crippen LogP contribution in [0.2, 0.25) is 0 Å². The lowest BCUT2D eigenvalue weighted by molar-refractivity contribution is -0.115. The summed E-state index contributed by atoms with van der Waals surface area (Å²) in [4.78, 5) is 32.6. The molecule has 134 valence electrons. The molecule has 0 fully saturated rings. The predicted octanol–water partition coefficient (Wildman–Crippen LogP) is 3.15. The molecule has 7 heteroatoms.